The molecule has 0 aromatic heterocycles. The fraction of sp³-hybridized carbons (Fsp3) is 0.900. The normalized spacial score (nSPS) is 33.5. The molecule has 2 saturated carbocycles. The van der Waals surface area contributed by atoms with E-state index in [1.54, 1.807) is 0 Å². The van der Waals surface area contributed by atoms with E-state index in [1.807, 2.05) is 0 Å². The zero-order valence-corrected chi connectivity index (χ0v) is 9.11. The average Bonchev–Trinajstić information content (AvgIpc) is 2.76. The van der Waals surface area contributed by atoms with Crippen LogP contribution in [0, 0.1) is 10.8 Å². The van der Waals surface area contributed by atoms with Crippen LogP contribution in [0.1, 0.15) is 38.5 Å². The van der Waals surface area contributed by atoms with Crippen molar-refractivity contribution in [1.82, 2.24) is 0 Å². The Labute approximate surface area is 90.5 Å². The molecule has 2 rings (SSSR count). The summed E-state index contributed by atoms with van der Waals surface area (Å²) in [5, 5.41) is 9.14. The molecule has 0 bridgehead atoms. The van der Waals surface area contributed by atoms with E-state index in [0.29, 0.717) is 6.54 Å². The van der Waals surface area contributed by atoms with Gasteiger partial charge in [0.05, 0.1) is 5.41 Å². The predicted molar refractivity (Wildman–Crippen MR) is 56.5 cm³/mol. The van der Waals surface area contributed by atoms with Gasteiger partial charge < -0.3 is 10.8 Å². The summed E-state index contributed by atoms with van der Waals surface area (Å²) in [4.78, 5) is 11.1. The number of carbonyl (C=O) groups is 1. The molecular formula is C10H18ClNO2. The Kier molecular flexibility index (Phi) is 3.12. The quantitative estimate of drug-likeness (QED) is 0.745. The number of nitrogens with two attached hydrogens (primary N) is 1. The van der Waals surface area contributed by atoms with Gasteiger partial charge in [-0.05, 0) is 24.7 Å². The van der Waals surface area contributed by atoms with E-state index in [2.05, 4.69) is 0 Å². The summed E-state index contributed by atoms with van der Waals surface area (Å²) in [5.41, 5.74) is 5.14. The Balaban J connectivity index is 0.000000980. The van der Waals surface area contributed by atoms with Gasteiger partial charge in [-0.25, -0.2) is 0 Å². The van der Waals surface area contributed by atoms with Crippen molar-refractivity contribution in [3.8, 4) is 0 Å². The predicted octanol–water partition coefficient (Wildman–Crippen LogP) is 1.79. The van der Waals surface area contributed by atoms with Crippen LogP contribution in [0.5, 0.6) is 0 Å². The minimum absolute atomic E-state index is 0. The van der Waals surface area contributed by atoms with Crippen LogP contribution >= 0.6 is 12.4 Å². The third kappa shape index (κ3) is 1.34. The van der Waals surface area contributed by atoms with Gasteiger partial charge in [0.15, 0.2) is 0 Å². The third-order valence-corrected chi connectivity index (χ3v) is 4.10. The van der Waals surface area contributed by atoms with Crippen LogP contribution in [0.3, 0.4) is 0 Å². The van der Waals surface area contributed by atoms with E-state index in [-0.39, 0.29) is 17.8 Å². The first kappa shape index (κ1) is 11.8. The number of carboxylic acid groups (broad SMARTS) is 1. The zero-order valence-electron chi connectivity index (χ0n) is 8.29. The molecule has 0 aromatic rings. The van der Waals surface area contributed by atoms with Crippen molar-refractivity contribution in [2.45, 2.75) is 38.5 Å². The van der Waals surface area contributed by atoms with Crippen molar-refractivity contribution in [2.24, 2.45) is 16.6 Å². The maximum atomic E-state index is 11.1. The van der Waals surface area contributed by atoms with Gasteiger partial charge in [-0.3, -0.25) is 4.79 Å². The molecule has 4 heteroatoms. The first-order chi connectivity index (χ1) is 6.17. The molecule has 1 spiro atoms. The van der Waals surface area contributed by atoms with Gasteiger partial charge >= 0.3 is 5.97 Å². The van der Waals surface area contributed by atoms with Gasteiger partial charge in [0.25, 0.3) is 0 Å². The monoisotopic (exact) mass is 219 g/mol. The van der Waals surface area contributed by atoms with Crippen molar-refractivity contribution in [3.63, 3.8) is 0 Å². The first-order valence-electron chi connectivity index (χ1n) is 5.10. The summed E-state index contributed by atoms with van der Waals surface area (Å²) in [6, 6.07) is 0. The number of aliphatic carboxylic acids is 1. The Morgan fingerprint density at radius 1 is 1.29 bits per heavy atom. The van der Waals surface area contributed by atoms with E-state index in [0.717, 1.165) is 19.3 Å². The van der Waals surface area contributed by atoms with Crippen LogP contribution in [0.15, 0.2) is 0 Å². The Morgan fingerprint density at radius 3 is 2.21 bits per heavy atom. The lowest BCUT2D eigenvalue weighted by molar-refractivity contribution is -0.144. The fourth-order valence-corrected chi connectivity index (χ4v) is 3.10. The summed E-state index contributed by atoms with van der Waals surface area (Å²) >= 11 is 0. The fourth-order valence-electron chi connectivity index (χ4n) is 3.10. The van der Waals surface area contributed by atoms with Gasteiger partial charge in [0.2, 0.25) is 0 Å². The molecule has 0 saturated heterocycles. The molecule has 82 valence electrons. The molecule has 0 aliphatic heterocycles. The van der Waals surface area contributed by atoms with Gasteiger partial charge in [-0.2, -0.15) is 0 Å². The van der Waals surface area contributed by atoms with Gasteiger partial charge in [0.1, 0.15) is 0 Å². The second kappa shape index (κ2) is 3.70. The van der Waals surface area contributed by atoms with E-state index in [1.165, 1.54) is 19.3 Å². The van der Waals surface area contributed by atoms with Gasteiger partial charge in [-0.1, -0.05) is 19.3 Å². The minimum Gasteiger partial charge on any atom is -0.481 e. The van der Waals surface area contributed by atoms with Crippen LogP contribution in [0.2, 0.25) is 0 Å². The molecule has 3 nitrogen and oxygen atoms in total. The maximum Gasteiger partial charge on any atom is 0.311 e. The molecule has 2 aliphatic rings. The second-order valence-corrected chi connectivity index (χ2v) is 4.61. The Hall–Kier alpha value is -0.280. The van der Waals surface area contributed by atoms with Crippen molar-refractivity contribution in [1.29, 1.82) is 0 Å². The molecule has 0 radical (unpaired) electrons. The molecule has 1 atom stereocenters. The van der Waals surface area contributed by atoms with Crippen LogP contribution in [0.4, 0.5) is 0 Å². The number of rotatable bonds is 2. The first-order valence-corrected chi connectivity index (χ1v) is 5.10. The van der Waals surface area contributed by atoms with E-state index < -0.39 is 11.4 Å². The summed E-state index contributed by atoms with van der Waals surface area (Å²) in [6.45, 7) is 0.322. The second-order valence-electron chi connectivity index (χ2n) is 4.61. The molecule has 0 aromatic carbocycles. The highest BCUT2D eigenvalue weighted by molar-refractivity contribution is 5.85. The van der Waals surface area contributed by atoms with Crippen LogP contribution in [0.25, 0.3) is 0 Å². The molecule has 14 heavy (non-hydrogen) atoms. The zero-order chi connectivity index (χ0) is 9.53. The van der Waals surface area contributed by atoms with Gasteiger partial charge in [-0.15, -0.1) is 12.4 Å². The van der Waals surface area contributed by atoms with Gasteiger partial charge in [0, 0.05) is 6.54 Å². The van der Waals surface area contributed by atoms with E-state index >= 15 is 0 Å². The van der Waals surface area contributed by atoms with Crippen LogP contribution < -0.4 is 5.73 Å². The minimum atomic E-state index is -0.670. The number of hydrogen-bond acceptors (Lipinski definition) is 2. The highest BCUT2D eigenvalue weighted by Gasteiger charge is 2.70. The Bertz CT molecular complexity index is 238. The largest absolute Gasteiger partial charge is 0.481 e. The van der Waals surface area contributed by atoms with Crippen molar-refractivity contribution in [2.75, 3.05) is 6.54 Å². The standard InChI is InChI=1S/C10H17NO2.ClH/c11-7-10(8(12)13)6-9(10)4-2-1-3-5-9;/h1-7,11H2,(H,12,13);1H. The van der Waals surface area contributed by atoms with Crippen molar-refractivity contribution >= 4 is 18.4 Å². The lowest BCUT2D eigenvalue weighted by atomic mass is 9.79. The summed E-state index contributed by atoms with van der Waals surface area (Å²) in [5.74, 6) is -0.670. The highest BCUT2D eigenvalue weighted by Crippen LogP contribution is 2.70. The topological polar surface area (TPSA) is 63.3 Å². The highest BCUT2D eigenvalue weighted by atomic mass is 35.5. The number of halogens is 1. The molecule has 3 N–H and O–H groups in total. The van der Waals surface area contributed by atoms with E-state index in [4.69, 9.17) is 10.8 Å². The van der Waals surface area contributed by atoms with Crippen molar-refractivity contribution in [3.05, 3.63) is 0 Å². The van der Waals surface area contributed by atoms with Crippen LogP contribution in [-0.4, -0.2) is 17.6 Å². The van der Waals surface area contributed by atoms with Crippen molar-refractivity contribution < 1.29 is 9.90 Å². The number of carboxylic acids is 1. The molecule has 0 amide bonds. The third-order valence-electron chi connectivity index (χ3n) is 4.10. The lowest BCUT2D eigenvalue weighted by Crippen LogP contribution is -2.32. The SMILES string of the molecule is Cl.NCC1(C(=O)O)CC12CCCCC2. The molecule has 1 unspecified atom stereocenters. The Morgan fingerprint density at radius 2 is 1.86 bits per heavy atom. The lowest BCUT2D eigenvalue weighted by Gasteiger charge is -2.25. The molecule has 2 fully saturated rings. The average molecular weight is 220 g/mol. The molecule has 2 aliphatic carbocycles. The van der Waals surface area contributed by atoms with Crippen LogP contribution in [-0.2, 0) is 4.79 Å². The number of hydrogen-bond donors (Lipinski definition) is 2. The summed E-state index contributed by atoms with van der Waals surface area (Å²) in [7, 11) is 0. The van der Waals surface area contributed by atoms with E-state index in [9.17, 15) is 4.79 Å². The maximum absolute atomic E-state index is 11.1. The summed E-state index contributed by atoms with van der Waals surface area (Å²) < 4.78 is 0. The smallest absolute Gasteiger partial charge is 0.311 e. The molecule has 0 heterocycles. The summed E-state index contributed by atoms with van der Waals surface area (Å²) in [6.07, 6.45) is 6.63. The molecular weight excluding hydrogens is 202 g/mol.